The van der Waals surface area contributed by atoms with Gasteiger partial charge in [-0.15, -0.1) is 0 Å². The Bertz CT molecular complexity index is 631. The lowest BCUT2D eigenvalue weighted by Gasteiger charge is -2.42. The number of carbonyl (C=O) groups is 2. The van der Waals surface area contributed by atoms with Gasteiger partial charge in [0.1, 0.15) is 17.6 Å². The van der Waals surface area contributed by atoms with Gasteiger partial charge >= 0.3 is 5.97 Å². The zero-order valence-corrected chi connectivity index (χ0v) is 12.4. The fourth-order valence-electron chi connectivity index (χ4n) is 2.88. The highest BCUT2D eigenvalue weighted by Gasteiger charge is 2.50. The molecule has 0 radical (unpaired) electrons. The minimum Gasteiger partial charge on any atom is -0.480 e. The Morgan fingerprint density at radius 2 is 2.00 bits per heavy atom. The molecule has 22 heavy (non-hydrogen) atoms. The number of rotatable bonds is 5. The SMILES string of the molecule is CO[C@@]1([C@H](C(N)=O)[C@H](N)C(=O)O)C=CN(C)c2ccccc21. The van der Waals surface area contributed by atoms with Gasteiger partial charge in [-0.1, -0.05) is 18.2 Å². The highest BCUT2D eigenvalue weighted by Crippen LogP contribution is 2.44. The van der Waals surface area contributed by atoms with Crippen molar-refractivity contribution >= 4 is 17.6 Å². The Hall–Kier alpha value is -2.38. The van der Waals surface area contributed by atoms with Crippen LogP contribution in [0.4, 0.5) is 5.69 Å². The molecule has 7 heteroatoms. The van der Waals surface area contributed by atoms with Crippen molar-refractivity contribution in [3.8, 4) is 0 Å². The maximum Gasteiger partial charge on any atom is 0.321 e. The number of amides is 1. The van der Waals surface area contributed by atoms with E-state index in [-0.39, 0.29) is 0 Å². The van der Waals surface area contributed by atoms with Crippen molar-refractivity contribution in [1.82, 2.24) is 0 Å². The van der Waals surface area contributed by atoms with Crippen LogP contribution >= 0.6 is 0 Å². The fourth-order valence-corrected chi connectivity index (χ4v) is 2.88. The van der Waals surface area contributed by atoms with Crippen LogP contribution in [0.3, 0.4) is 0 Å². The summed E-state index contributed by atoms with van der Waals surface area (Å²) in [4.78, 5) is 25.1. The van der Waals surface area contributed by atoms with Crippen LogP contribution in [0.25, 0.3) is 0 Å². The first-order chi connectivity index (χ1) is 10.3. The summed E-state index contributed by atoms with van der Waals surface area (Å²) in [5.74, 6) is -3.40. The summed E-state index contributed by atoms with van der Waals surface area (Å²) in [5, 5.41) is 9.22. The molecule has 1 aliphatic rings. The lowest BCUT2D eigenvalue weighted by atomic mass is 9.74. The summed E-state index contributed by atoms with van der Waals surface area (Å²) in [6.45, 7) is 0. The number of para-hydroxylation sites is 1. The maximum absolute atomic E-state index is 12.0. The van der Waals surface area contributed by atoms with Gasteiger partial charge in [0, 0.05) is 31.6 Å². The Balaban J connectivity index is 2.68. The monoisotopic (exact) mass is 305 g/mol. The number of carbonyl (C=O) groups excluding carboxylic acids is 1. The average molecular weight is 305 g/mol. The van der Waals surface area contributed by atoms with E-state index in [1.54, 1.807) is 24.4 Å². The molecule has 118 valence electrons. The smallest absolute Gasteiger partial charge is 0.321 e. The van der Waals surface area contributed by atoms with Gasteiger partial charge in [0.25, 0.3) is 0 Å². The van der Waals surface area contributed by atoms with Crippen molar-refractivity contribution in [2.45, 2.75) is 11.6 Å². The van der Waals surface area contributed by atoms with E-state index in [4.69, 9.17) is 16.2 Å². The molecule has 0 aliphatic carbocycles. The van der Waals surface area contributed by atoms with Gasteiger partial charge in [0.2, 0.25) is 5.91 Å². The quantitative estimate of drug-likeness (QED) is 0.705. The minimum absolute atomic E-state index is 0.642. The highest BCUT2D eigenvalue weighted by atomic mass is 16.5. The van der Waals surface area contributed by atoms with E-state index >= 15 is 0 Å². The van der Waals surface area contributed by atoms with Crippen molar-refractivity contribution in [1.29, 1.82) is 0 Å². The predicted octanol–water partition coefficient (Wildman–Crippen LogP) is 0.00520. The zero-order valence-electron chi connectivity index (χ0n) is 12.4. The van der Waals surface area contributed by atoms with E-state index in [0.717, 1.165) is 5.69 Å². The summed E-state index contributed by atoms with van der Waals surface area (Å²) >= 11 is 0. The van der Waals surface area contributed by atoms with E-state index in [1.165, 1.54) is 7.11 Å². The number of nitrogens with two attached hydrogens (primary N) is 2. The van der Waals surface area contributed by atoms with Gasteiger partial charge in [0.15, 0.2) is 0 Å². The second kappa shape index (κ2) is 5.78. The van der Waals surface area contributed by atoms with Crippen LogP contribution < -0.4 is 16.4 Å². The van der Waals surface area contributed by atoms with E-state index < -0.39 is 29.4 Å². The first kappa shape index (κ1) is 16.0. The number of benzene rings is 1. The first-order valence-electron chi connectivity index (χ1n) is 6.69. The number of fused-ring (bicyclic) bond motifs is 1. The largest absolute Gasteiger partial charge is 0.480 e. The van der Waals surface area contributed by atoms with Crippen LogP contribution in [0, 0.1) is 5.92 Å². The average Bonchev–Trinajstić information content (AvgIpc) is 2.49. The number of carboxylic acid groups (broad SMARTS) is 1. The first-order valence-corrected chi connectivity index (χ1v) is 6.69. The van der Waals surface area contributed by atoms with E-state index in [2.05, 4.69) is 0 Å². The molecular formula is C15H19N3O4. The van der Waals surface area contributed by atoms with E-state index in [9.17, 15) is 14.7 Å². The minimum atomic E-state index is -1.49. The normalized spacial score (nSPS) is 22.8. The topological polar surface area (TPSA) is 119 Å². The second-order valence-electron chi connectivity index (χ2n) is 5.19. The molecule has 1 aliphatic heterocycles. The molecule has 0 fully saturated rings. The van der Waals surface area contributed by atoms with E-state index in [1.807, 2.05) is 24.1 Å². The summed E-state index contributed by atoms with van der Waals surface area (Å²) in [5.41, 5.74) is 11.3. The third-order valence-corrected chi connectivity index (χ3v) is 4.00. The highest BCUT2D eigenvalue weighted by molar-refractivity contribution is 5.88. The molecule has 1 aromatic carbocycles. The van der Waals surface area contributed by atoms with Crippen LogP contribution in [-0.2, 0) is 19.9 Å². The van der Waals surface area contributed by atoms with Gasteiger partial charge in [-0.2, -0.15) is 0 Å². The summed E-state index contributed by atoms with van der Waals surface area (Å²) in [7, 11) is 3.24. The van der Waals surface area contributed by atoms with Crippen molar-refractivity contribution in [3.05, 3.63) is 42.1 Å². The molecule has 1 aromatic rings. The summed E-state index contributed by atoms with van der Waals surface area (Å²) < 4.78 is 5.59. The van der Waals surface area contributed by atoms with Gasteiger partial charge in [-0.05, 0) is 12.1 Å². The lowest BCUT2D eigenvalue weighted by molar-refractivity contribution is -0.149. The van der Waals surface area contributed by atoms with Crippen LogP contribution in [0.5, 0.6) is 0 Å². The van der Waals surface area contributed by atoms with Crippen molar-refractivity contribution < 1.29 is 19.4 Å². The predicted molar refractivity (Wildman–Crippen MR) is 81.0 cm³/mol. The Morgan fingerprint density at radius 3 is 2.55 bits per heavy atom. The molecule has 0 saturated carbocycles. The molecule has 2 rings (SSSR count). The standard InChI is InChI=1S/C15H19N3O4/c1-18-8-7-15(22-2,9-5-3-4-6-10(9)18)11(13(17)19)12(16)14(20)21/h3-8,11-12H,16H2,1-2H3,(H2,17,19)(H,20,21)/t11-,12-,15-/m0/s1. The number of hydrogen-bond donors (Lipinski definition) is 3. The molecule has 1 amide bonds. The number of primary amides is 1. The van der Waals surface area contributed by atoms with Gasteiger partial charge < -0.3 is 26.2 Å². The molecule has 0 unspecified atom stereocenters. The van der Waals surface area contributed by atoms with Crippen molar-refractivity contribution in [2.24, 2.45) is 17.4 Å². The Labute approximate surface area is 128 Å². The zero-order chi connectivity index (χ0) is 16.5. The lowest BCUT2D eigenvalue weighted by Crippen LogP contribution is -2.56. The summed E-state index contributed by atoms with van der Waals surface area (Å²) in [6, 6.07) is 5.74. The second-order valence-corrected chi connectivity index (χ2v) is 5.19. The molecule has 0 bridgehead atoms. The number of aliphatic carboxylic acids is 1. The number of anilines is 1. The van der Waals surface area contributed by atoms with Gasteiger partial charge in [0.05, 0.1) is 0 Å². The molecule has 0 spiro atoms. The molecule has 1 heterocycles. The summed E-state index contributed by atoms with van der Waals surface area (Å²) in [6.07, 6.45) is 3.32. The van der Waals surface area contributed by atoms with Gasteiger partial charge in [-0.25, -0.2) is 0 Å². The number of ether oxygens (including phenoxy) is 1. The molecular weight excluding hydrogens is 286 g/mol. The number of hydrogen-bond acceptors (Lipinski definition) is 5. The Kier molecular flexibility index (Phi) is 4.20. The van der Waals surface area contributed by atoms with E-state index in [0.29, 0.717) is 5.56 Å². The third kappa shape index (κ3) is 2.34. The fraction of sp³-hybridized carbons (Fsp3) is 0.333. The number of carboxylic acids is 1. The molecule has 0 aromatic heterocycles. The van der Waals surface area contributed by atoms with Crippen LogP contribution in [0.2, 0.25) is 0 Å². The third-order valence-electron chi connectivity index (χ3n) is 4.00. The molecule has 0 saturated heterocycles. The maximum atomic E-state index is 12.0. The van der Waals surface area contributed by atoms with Crippen molar-refractivity contribution in [3.63, 3.8) is 0 Å². The van der Waals surface area contributed by atoms with Gasteiger partial charge in [-0.3, -0.25) is 9.59 Å². The van der Waals surface area contributed by atoms with Crippen LogP contribution in [0.15, 0.2) is 36.5 Å². The molecule has 3 atom stereocenters. The Morgan fingerprint density at radius 1 is 1.36 bits per heavy atom. The van der Waals surface area contributed by atoms with Crippen LogP contribution in [0.1, 0.15) is 5.56 Å². The number of nitrogens with zero attached hydrogens (tertiary/aromatic N) is 1. The number of methoxy groups -OCH3 is 1. The molecule has 7 nitrogen and oxygen atoms in total. The van der Waals surface area contributed by atoms with Crippen LogP contribution in [-0.4, -0.2) is 37.2 Å². The molecule has 5 N–H and O–H groups in total. The van der Waals surface area contributed by atoms with Crippen molar-refractivity contribution in [2.75, 3.05) is 19.1 Å².